The molecule has 0 aliphatic carbocycles. The second-order valence-corrected chi connectivity index (χ2v) is 6.07. The maximum atomic E-state index is 12.5. The van der Waals surface area contributed by atoms with Gasteiger partial charge >= 0.3 is 0 Å². The number of amides is 1. The molecule has 0 unspecified atom stereocenters. The van der Waals surface area contributed by atoms with Gasteiger partial charge in [0, 0.05) is 25.0 Å². The van der Waals surface area contributed by atoms with E-state index in [1.807, 2.05) is 25.7 Å². The van der Waals surface area contributed by atoms with Gasteiger partial charge in [-0.1, -0.05) is 27.7 Å². The number of aromatic amines is 1. The standard InChI is InChI=1S/C13H23N5O/c1-5-6-18(9-7-14-8-9)11(19)10-15-12(17-16-10)13(2,3)4/h9,14H,5-8H2,1-4H3,(H,15,16,17). The zero-order valence-corrected chi connectivity index (χ0v) is 12.2. The van der Waals surface area contributed by atoms with Crippen molar-refractivity contribution in [2.24, 2.45) is 0 Å². The summed E-state index contributed by atoms with van der Waals surface area (Å²) in [5, 5.41) is 10.1. The number of nitrogens with zero attached hydrogens (tertiary/aromatic N) is 3. The first kappa shape index (κ1) is 14.0. The van der Waals surface area contributed by atoms with Gasteiger partial charge in [-0.15, -0.1) is 5.10 Å². The first-order valence-corrected chi connectivity index (χ1v) is 6.88. The minimum absolute atomic E-state index is 0.0694. The van der Waals surface area contributed by atoms with Gasteiger partial charge in [-0.05, 0) is 6.42 Å². The predicted octanol–water partition coefficient (Wildman–Crippen LogP) is 0.926. The summed E-state index contributed by atoms with van der Waals surface area (Å²) < 4.78 is 0. The number of H-pyrrole nitrogens is 1. The molecular formula is C13H23N5O. The summed E-state index contributed by atoms with van der Waals surface area (Å²) in [6, 6.07) is 0.282. The molecule has 0 spiro atoms. The van der Waals surface area contributed by atoms with Crippen LogP contribution < -0.4 is 5.32 Å². The van der Waals surface area contributed by atoms with E-state index < -0.39 is 0 Å². The van der Waals surface area contributed by atoms with Crippen molar-refractivity contribution in [2.75, 3.05) is 19.6 Å². The van der Waals surface area contributed by atoms with Crippen LogP contribution in [0.25, 0.3) is 0 Å². The Balaban J connectivity index is 2.14. The molecule has 1 fully saturated rings. The van der Waals surface area contributed by atoms with Crippen molar-refractivity contribution >= 4 is 5.91 Å². The van der Waals surface area contributed by atoms with E-state index >= 15 is 0 Å². The van der Waals surface area contributed by atoms with Gasteiger partial charge in [0.05, 0.1) is 6.04 Å². The number of aromatic nitrogens is 3. The molecule has 1 aliphatic heterocycles. The Hall–Kier alpha value is -1.43. The highest BCUT2D eigenvalue weighted by molar-refractivity contribution is 5.90. The molecule has 0 atom stereocenters. The lowest BCUT2D eigenvalue weighted by Crippen LogP contribution is -2.59. The van der Waals surface area contributed by atoms with Crippen LogP contribution in [0.3, 0.4) is 0 Å². The predicted molar refractivity (Wildman–Crippen MR) is 73.1 cm³/mol. The minimum Gasteiger partial charge on any atom is -0.330 e. The number of nitrogens with one attached hydrogen (secondary N) is 2. The highest BCUT2D eigenvalue weighted by atomic mass is 16.2. The lowest BCUT2D eigenvalue weighted by atomic mass is 9.96. The monoisotopic (exact) mass is 265 g/mol. The fourth-order valence-electron chi connectivity index (χ4n) is 2.01. The van der Waals surface area contributed by atoms with Gasteiger partial charge in [0.25, 0.3) is 5.91 Å². The maximum Gasteiger partial charge on any atom is 0.293 e. The molecule has 0 radical (unpaired) electrons. The van der Waals surface area contributed by atoms with Gasteiger partial charge < -0.3 is 10.2 Å². The molecule has 2 heterocycles. The van der Waals surface area contributed by atoms with Crippen molar-refractivity contribution < 1.29 is 4.79 Å². The highest BCUT2D eigenvalue weighted by Crippen LogP contribution is 2.18. The molecule has 2 N–H and O–H groups in total. The third-order valence-corrected chi connectivity index (χ3v) is 3.31. The molecule has 106 valence electrons. The first-order chi connectivity index (χ1) is 8.93. The summed E-state index contributed by atoms with van der Waals surface area (Å²) in [7, 11) is 0. The van der Waals surface area contributed by atoms with Crippen LogP contribution in [0.2, 0.25) is 0 Å². The number of hydrogen-bond acceptors (Lipinski definition) is 4. The topological polar surface area (TPSA) is 73.9 Å². The van der Waals surface area contributed by atoms with Crippen LogP contribution in [0.15, 0.2) is 0 Å². The zero-order valence-electron chi connectivity index (χ0n) is 12.2. The van der Waals surface area contributed by atoms with Crippen LogP contribution in [0.4, 0.5) is 0 Å². The zero-order chi connectivity index (χ0) is 14.0. The quantitative estimate of drug-likeness (QED) is 0.849. The Morgan fingerprint density at radius 3 is 2.53 bits per heavy atom. The SMILES string of the molecule is CCCN(C(=O)c1n[nH]c(C(C)(C)C)n1)C1CNC1. The Morgan fingerprint density at radius 1 is 1.42 bits per heavy atom. The molecular weight excluding hydrogens is 242 g/mol. The van der Waals surface area contributed by atoms with E-state index in [2.05, 4.69) is 27.4 Å². The number of carbonyl (C=O) groups excluding carboxylic acids is 1. The minimum atomic E-state index is -0.126. The number of rotatable bonds is 4. The highest BCUT2D eigenvalue weighted by Gasteiger charge is 2.31. The normalized spacial score (nSPS) is 16.2. The van der Waals surface area contributed by atoms with Gasteiger partial charge in [0.15, 0.2) is 0 Å². The fraction of sp³-hybridized carbons (Fsp3) is 0.769. The van der Waals surface area contributed by atoms with E-state index in [0.717, 1.165) is 31.9 Å². The molecule has 0 bridgehead atoms. The molecule has 0 saturated carbocycles. The molecule has 1 aromatic heterocycles. The summed E-state index contributed by atoms with van der Waals surface area (Å²) in [5.41, 5.74) is -0.126. The largest absolute Gasteiger partial charge is 0.330 e. The van der Waals surface area contributed by atoms with Crippen LogP contribution in [0, 0.1) is 0 Å². The molecule has 2 rings (SSSR count). The van der Waals surface area contributed by atoms with E-state index in [1.54, 1.807) is 0 Å². The molecule has 0 aromatic carbocycles. The molecule has 1 saturated heterocycles. The average molecular weight is 265 g/mol. The van der Waals surface area contributed by atoms with E-state index in [-0.39, 0.29) is 23.2 Å². The number of carbonyl (C=O) groups is 1. The lowest BCUT2D eigenvalue weighted by Gasteiger charge is -2.37. The lowest BCUT2D eigenvalue weighted by molar-refractivity contribution is 0.0603. The van der Waals surface area contributed by atoms with Crippen LogP contribution >= 0.6 is 0 Å². The Bertz CT molecular complexity index is 444. The Morgan fingerprint density at radius 2 is 2.11 bits per heavy atom. The van der Waals surface area contributed by atoms with Crippen molar-refractivity contribution in [3.8, 4) is 0 Å². The third-order valence-electron chi connectivity index (χ3n) is 3.31. The van der Waals surface area contributed by atoms with Crippen molar-refractivity contribution in [3.63, 3.8) is 0 Å². The van der Waals surface area contributed by atoms with Crippen molar-refractivity contribution in [1.82, 2.24) is 25.4 Å². The van der Waals surface area contributed by atoms with Crippen molar-refractivity contribution in [1.29, 1.82) is 0 Å². The van der Waals surface area contributed by atoms with Crippen molar-refractivity contribution in [2.45, 2.75) is 45.6 Å². The molecule has 1 aromatic rings. The summed E-state index contributed by atoms with van der Waals surface area (Å²) in [6.45, 7) is 10.7. The van der Waals surface area contributed by atoms with Gasteiger partial charge in [0.2, 0.25) is 5.82 Å². The maximum absolute atomic E-state index is 12.5. The Labute approximate surface area is 114 Å². The average Bonchev–Trinajstić information content (AvgIpc) is 2.73. The smallest absolute Gasteiger partial charge is 0.293 e. The summed E-state index contributed by atoms with van der Waals surface area (Å²) in [6.07, 6.45) is 0.943. The summed E-state index contributed by atoms with van der Waals surface area (Å²) >= 11 is 0. The first-order valence-electron chi connectivity index (χ1n) is 6.88. The number of hydrogen-bond donors (Lipinski definition) is 2. The van der Waals surface area contributed by atoms with Gasteiger partial charge in [0.1, 0.15) is 5.82 Å². The molecule has 1 amide bonds. The van der Waals surface area contributed by atoms with Gasteiger partial charge in [-0.2, -0.15) is 0 Å². The van der Waals surface area contributed by atoms with E-state index in [0.29, 0.717) is 0 Å². The van der Waals surface area contributed by atoms with E-state index in [1.165, 1.54) is 0 Å². The van der Waals surface area contributed by atoms with Crippen LogP contribution in [0.1, 0.15) is 50.6 Å². The summed E-state index contributed by atoms with van der Waals surface area (Å²) in [5.74, 6) is 0.962. The summed E-state index contributed by atoms with van der Waals surface area (Å²) in [4.78, 5) is 18.7. The van der Waals surface area contributed by atoms with E-state index in [9.17, 15) is 4.79 Å². The second kappa shape index (κ2) is 5.28. The second-order valence-electron chi connectivity index (χ2n) is 6.07. The van der Waals surface area contributed by atoms with Gasteiger partial charge in [-0.25, -0.2) is 4.98 Å². The van der Waals surface area contributed by atoms with Crippen LogP contribution in [-0.2, 0) is 5.41 Å². The van der Waals surface area contributed by atoms with Gasteiger partial charge in [-0.3, -0.25) is 9.89 Å². The Kier molecular flexibility index (Phi) is 3.89. The van der Waals surface area contributed by atoms with Crippen LogP contribution in [-0.4, -0.2) is 51.7 Å². The van der Waals surface area contributed by atoms with Crippen LogP contribution in [0.5, 0.6) is 0 Å². The molecule has 1 aliphatic rings. The van der Waals surface area contributed by atoms with Crippen molar-refractivity contribution in [3.05, 3.63) is 11.6 Å². The fourth-order valence-corrected chi connectivity index (χ4v) is 2.01. The molecule has 6 nitrogen and oxygen atoms in total. The van der Waals surface area contributed by atoms with E-state index in [4.69, 9.17) is 0 Å². The third kappa shape index (κ3) is 2.94. The molecule has 6 heteroatoms. The molecule has 19 heavy (non-hydrogen) atoms.